The SMILES string of the molecule is CCOC(=O)C1=C(C)N=c2s/c(=C\c3cc(Cl)c(OCc4ccccc4)c(OC)c3)c(=O)n2[C@@H]1c1ccc(OC(C)C)c(OC)c1. The lowest BCUT2D eigenvalue weighted by atomic mass is 9.95. The lowest BCUT2D eigenvalue weighted by Gasteiger charge is -2.25. The van der Waals surface area contributed by atoms with Crippen LogP contribution in [0.15, 0.2) is 81.7 Å². The van der Waals surface area contributed by atoms with E-state index in [-0.39, 0.29) is 23.8 Å². The fourth-order valence-corrected chi connectivity index (χ4v) is 6.48. The van der Waals surface area contributed by atoms with Crippen molar-refractivity contribution in [2.24, 2.45) is 4.99 Å². The zero-order valence-corrected chi connectivity index (χ0v) is 28.0. The van der Waals surface area contributed by atoms with Crippen LogP contribution in [0.25, 0.3) is 6.08 Å². The second kappa shape index (κ2) is 14.3. The first-order valence-corrected chi connectivity index (χ1v) is 15.9. The van der Waals surface area contributed by atoms with Gasteiger partial charge in [0.2, 0.25) is 0 Å². The van der Waals surface area contributed by atoms with Crippen LogP contribution in [-0.2, 0) is 16.1 Å². The summed E-state index contributed by atoms with van der Waals surface area (Å²) in [5.74, 6) is 1.31. The van der Waals surface area contributed by atoms with Crippen LogP contribution < -0.4 is 33.8 Å². The molecule has 5 rings (SSSR count). The van der Waals surface area contributed by atoms with Crippen molar-refractivity contribution in [3.63, 3.8) is 0 Å². The molecular weight excluding hydrogens is 628 g/mol. The minimum absolute atomic E-state index is 0.0775. The molecule has 240 valence electrons. The highest BCUT2D eigenvalue weighted by Crippen LogP contribution is 2.38. The largest absolute Gasteiger partial charge is 0.493 e. The van der Waals surface area contributed by atoms with Gasteiger partial charge >= 0.3 is 5.97 Å². The summed E-state index contributed by atoms with van der Waals surface area (Å²) >= 11 is 7.87. The van der Waals surface area contributed by atoms with Crippen molar-refractivity contribution in [2.75, 3.05) is 20.8 Å². The van der Waals surface area contributed by atoms with Crippen molar-refractivity contribution in [2.45, 2.75) is 46.4 Å². The van der Waals surface area contributed by atoms with Crippen LogP contribution in [0.3, 0.4) is 0 Å². The molecule has 0 aliphatic carbocycles. The molecule has 0 unspecified atom stereocenters. The van der Waals surface area contributed by atoms with Crippen molar-refractivity contribution in [3.8, 4) is 23.0 Å². The molecule has 1 aliphatic rings. The summed E-state index contributed by atoms with van der Waals surface area (Å²) in [7, 11) is 3.08. The molecule has 0 radical (unpaired) electrons. The molecule has 46 heavy (non-hydrogen) atoms. The van der Waals surface area contributed by atoms with E-state index >= 15 is 0 Å². The average molecular weight is 663 g/mol. The first-order valence-electron chi connectivity index (χ1n) is 14.7. The number of rotatable bonds is 11. The predicted octanol–water partition coefficient (Wildman–Crippen LogP) is 5.84. The number of aromatic nitrogens is 1. The first kappa shape index (κ1) is 32.8. The molecule has 0 N–H and O–H groups in total. The van der Waals surface area contributed by atoms with Gasteiger partial charge in [-0.1, -0.05) is 59.3 Å². The van der Waals surface area contributed by atoms with Gasteiger partial charge in [-0.25, -0.2) is 9.79 Å². The second-order valence-corrected chi connectivity index (χ2v) is 12.1. The molecule has 0 saturated heterocycles. The number of allylic oxidation sites excluding steroid dienone is 1. The number of carbonyl (C=O) groups excluding carboxylic acids is 1. The Morgan fingerprint density at radius 1 is 1.04 bits per heavy atom. The number of carbonyl (C=O) groups is 1. The molecule has 0 saturated carbocycles. The summed E-state index contributed by atoms with van der Waals surface area (Å²) in [4.78, 5) is 32.5. The van der Waals surface area contributed by atoms with Crippen LogP contribution in [0, 0.1) is 0 Å². The topological polar surface area (TPSA) is 97.6 Å². The number of thiazole rings is 1. The van der Waals surface area contributed by atoms with Gasteiger partial charge in [-0.15, -0.1) is 0 Å². The average Bonchev–Trinajstić information content (AvgIpc) is 3.33. The van der Waals surface area contributed by atoms with Gasteiger partial charge in [-0.3, -0.25) is 9.36 Å². The number of methoxy groups -OCH3 is 2. The van der Waals surface area contributed by atoms with Crippen molar-refractivity contribution in [1.29, 1.82) is 0 Å². The third kappa shape index (κ3) is 6.83. The fourth-order valence-electron chi connectivity index (χ4n) is 5.16. The Labute approximate surface area is 275 Å². The molecule has 9 nitrogen and oxygen atoms in total. The highest BCUT2D eigenvalue weighted by Gasteiger charge is 2.34. The van der Waals surface area contributed by atoms with E-state index in [1.54, 1.807) is 51.3 Å². The van der Waals surface area contributed by atoms with E-state index in [2.05, 4.69) is 4.99 Å². The van der Waals surface area contributed by atoms with Crippen molar-refractivity contribution >= 4 is 35.0 Å². The lowest BCUT2D eigenvalue weighted by Crippen LogP contribution is -2.40. The van der Waals surface area contributed by atoms with Crippen LogP contribution >= 0.6 is 22.9 Å². The molecular formula is C35H35ClN2O7S. The Bertz CT molecular complexity index is 1960. The minimum Gasteiger partial charge on any atom is -0.493 e. The monoisotopic (exact) mass is 662 g/mol. The quantitative estimate of drug-likeness (QED) is 0.186. The van der Waals surface area contributed by atoms with Crippen LogP contribution in [0.1, 0.15) is 50.4 Å². The summed E-state index contributed by atoms with van der Waals surface area (Å²) in [6, 6.07) is 17.8. The van der Waals surface area contributed by atoms with E-state index in [0.717, 1.165) is 5.56 Å². The van der Waals surface area contributed by atoms with Crippen LogP contribution in [0.4, 0.5) is 0 Å². The highest BCUT2D eigenvalue weighted by atomic mass is 35.5. The first-order chi connectivity index (χ1) is 22.1. The smallest absolute Gasteiger partial charge is 0.338 e. The van der Waals surface area contributed by atoms with Gasteiger partial charge < -0.3 is 23.7 Å². The number of ether oxygens (including phenoxy) is 5. The Balaban J connectivity index is 1.61. The van der Waals surface area contributed by atoms with Gasteiger partial charge in [0, 0.05) is 0 Å². The molecule has 0 fully saturated rings. The zero-order chi connectivity index (χ0) is 33.0. The van der Waals surface area contributed by atoms with Gasteiger partial charge in [0.1, 0.15) is 6.61 Å². The number of halogens is 1. The molecule has 0 spiro atoms. The summed E-state index contributed by atoms with van der Waals surface area (Å²) in [6.45, 7) is 7.80. The van der Waals surface area contributed by atoms with Crippen molar-refractivity contribution < 1.29 is 28.5 Å². The molecule has 1 aliphatic heterocycles. The van der Waals surface area contributed by atoms with E-state index in [1.165, 1.54) is 23.0 Å². The molecule has 0 amide bonds. The van der Waals surface area contributed by atoms with Crippen LogP contribution in [0.2, 0.25) is 5.02 Å². The van der Waals surface area contributed by atoms with Gasteiger partial charge in [0.05, 0.1) is 53.8 Å². The minimum atomic E-state index is -0.814. The summed E-state index contributed by atoms with van der Waals surface area (Å²) in [6.07, 6.45) is 1.64. The number of nitrogens with zero attached hydrogens (tertiary/aromatic N) is 2. The molecule has 11 heteroatoms. The van der Waals surface area contributed by atoms with E-state index in [9.17, 15) is 9.59 Å². The van der Waals surface area contributed by atoms with Gasteiger partial charge in [-0.05, 0) is 74.7 Å². The molecule has 1 aromatic heterocycles. The highest BCUT2D eigenvalue weighted by molar-refractivity contribution is 7.07. The number of esters is 1. The van der Waals surface area contributed by atoms with Gasteiger partial charge in [0.15, 0.2) is 27.8 Å². The molecule has 4 aromatic rings. The number of fused-ring (bicyclic) bond motifs is 1. The third-order valence-corrected chi connectivity index (χ3v) is 8.42. The molecule has 2 heterocycles. The number of hydrogen-bond acceptors (Lipinski definition) is 9. The fraction of sp³-hybridized carbons (Fsp3) is 0.286. The third-order valence-electron chi connectivity index (χ3n) is 7.16. The van der Waals surface area contributed by atoms with E-state index in [4.69, 9.17) is 35.3 Å². The Kier molecular flexibility index (Phi) is 10.2. The van der Waals surface area contributed by atoms with Crippen LogP contribution in [0.5, 0.6) is 23.0 Å². The molecule has 3 aromatic carbocycles. The number of benzene rings is 3. The molecule has 0 bridgehead atoms. The Morgan fingerprint density at radius 2 is 1.78 bits per heavy atom. The van der Waals surface area contributed by atoms with Gasteiger partial charge in [-0.2, -0.15) is 0 Å². The molecule has 1 atom stereocenters. The van der Waals surface area contributed by atoms with E-state index in [0.29, 0.717) is 60.8 Å². The van der Waals surface area contributed by atoms with E-state index < -0.39 is 12.0 Å². The number of hydrogen-bond donors (Lipinski definition) is 0. The van der Waals surface area contributed by atoms with Gasteiger partial charge in [0.25, 0.3) is 5.56 Å². The predicted molar refractivity (Wildman–Crippen MR) is 178 cm³/mol. The maximum absolute atomic E-state index is 14.1. The summed E-state index contributed by atoms with van der Waals surface area (Å²) in [5, 5.41) is 0.337. The Morgan fingerprint density at radius 3 is 2.46 bits per heavy atom. The maximum Gasteiger partial charge on any atom is 0.338 e. The summed E-state index contributed by atoms with van der Waals surface area (Å²) < 4.78 is 30.5. The zero-order valence-electron chi connectivity index (χ0n) is 26.5. The standard InChI is InChI=1S/C35H35ClN2O7S/c1-7-43-34(40)30-21(4)37-35-38(31(30)24-13-14-26(45-20(2)3)27(18-24)41-5)33(39)29(46-35)17-23-15-25(36)32(28(16-23)42-6)44-19-22-11-9-8-10-12-22/h8-18,20,31H,7,19H2,1-6H3/b29-17-/t31-/m1/s1. The second-order valence-electron chi connectivity index (χ2n) is 10.7. The van der Waals surface area contributed by atoms with Crippen LogP contribution in [-0.4, -0.2) is 37.5 Å². The maximum atomic E-state index is 14.1. The summed E-state index contributed by atoms with van der Waals surface area (Å²) in [5.41, 5.74) is 2.66. The van der Waals surface area contributed by atoms with Crippen molar-refractivity contribution in [1.82, 2.24) is 4.57 Å². The Hall–Kier alpha value is -4.54. The van der Waals surface area contributed by atoms with Crippen molar-refractivity contribution in [3.05, 3.63) is 113 Å². The lowest BCUT2D eigenvalue weighted by molar-refractivity contribution is -0.139. The normalized spacial score (nSPS) is 14.5. The van der Waals surface area contributed by atoms with E-state index in [1.807, 2.05) is 50.2 Å².